The van der Waals surface area contributed by atoms with Crippen LogP contribution in [0, 0.1) is 11.3 Å². The molecule has 1 amide bonds. The number of rotatable bonds is 7. The number of carbonyl (C=O) groups excluding carboxylic acids is 2. The Morgan fingerprint density at radius 2 is 1.97 bits per heavy atom. The van der Waals surface area contributed by atoms with E-state index in [1.807, 2.05) is 54.6 Å². The van der Waals surface area contributed by atoms with Gasteiger partial charge >= 0.3 is 5.97 Å². The van der Waals surface area contributed by atoms with Crippen molar-refractivity contribution >= 4 is 23.6 Å². The number of para-hydroxylation sites is 1. The minimum absolute atomic E-state index is 0.0263. The summed E-state index contributed by atoms with van der Waals surface area (Å²) in [4.78, 5) is 23.9. The molecule has 0 saturated heterocycles. The van der Waals surface area contributed by atoms with Crippen molar-refractivity contribution in [3.63, 3.8) is 0 Å². The van der Waals surface area contributed by atoms with Crippen LogP contribution in [0.5, 0.6) is 11.5 Å². The third kappa shape index (κ3) is 5.39. The zero-order valence-electron chi connectivity index (χ0n) is 15.9. The number of benzene rings is 2. The summed E-state index contributed by atoms with van der Waals surface area (Å²) in [5, 5.41) is 12.8. The fourth-order valence-corrected chi connectivity index (χ4v) is 3.85. The molecule has 2 aromatic carbocycles. The Morgan fingerprint density at radius 1 is 1.21 bits per heavy atom. The highest BCUT2D eigenvalue weighted by Crippen LogP contribution is 2.37. The molecule has 0 saturated carbocycles. The number of hydrogen-bond donors (Lipinski definition) is 1. The zero-order valence-corrected chi connectivity index (χ0v) is 16.7. The second-order valence-corrected chi connectivity index (χ2v) is 7.23. The SMILES string of the molecule is CCOC(=O)CSC1=C(C#N)C(c2cccc(Oc3ccccc3)c2)CC(=O)N1. The lowest BCUT2D eigenvalue weighted by atomic mass is 9.87. The highest BCUT2D eigenvalue weighted by Gasteiger charge is 2.30. The van der Waals surface area contributed by atoms with Crippen molar-refractivity contribution in [2.75, 3.05) is 12.4 Å². The monoisotopic (exact) mass is 408 g/mol. The number of nitrogens with zero attached hydrogens (tertiary/aromatic N) is 1. The first kappa shape index (κ1) is 20.5. The Hall–Kier alpha value is -3.24. The summed E-state index contributed by atoms with van der Waals surface area (Å²) in [7, 11) is 0. The summed E-state index contributed by atoms with van der Waals surface area (Å²) in [5.41, 5.74) is 1.23. The lowest BCUT2D eigenvalue weighted by Gasteiger charge is -2.25. The summed E-state index contributed by atoms with van der Waals surface area (Å²) in [6, 6.07) is 18.9. The number of thioether (sulfide) groups is 1. The van der Waals surface area contributed by atoms with Crippen LogP contribution in [0.15, 0.2) is 65.2 Å². The number of nitriles is 1. The van der Waals surface area contributed by atoms with Crippen LogP contribution in [0.3, 0.4) is 0 Å². The normalized spacial score (nSPS) is 16.0. The Morgan fingerprint density at radius 3 is 2.69 bits per heavy atom. The molecule has 2 aromatic rings. The fourth-order valence-electron chi connectivity index (χ4n) is 2.97. The van der Waals surface area contributed by atoms with Crippen molar-refractivity contribution in [1.82, 2.24) is 5.32 Å². The van der Waals surface area contributed by atoms with Gasteiger partial charge in [0.2, 0.25) is 5.91 Å². The highest BCUT2D eigenvalue weighted by molar-refractivity contribution is 8.03. The molecule has 0 spiro atoms. The van der Waals surface area contributed by atoms with E-state index >= 15 is 0 Å². The molecule has 0 aromatic heterocycles. The maximum absolute atomic E-state index is 12.2. The molecule has 1 atom stereocenters. The van der Waals surface area contributed by atoms with E-state index in [1.165, 1.54) is 0 Å². The second kappa shape index (κ2) is 9.80. The van der Waals surface area contributed by atoms with E-state index in [0.717, 1.165) is 17.3 Å². The van der Waals surface area contributed by atoms with Gasteiger partial charge in [-0.15, -0.1) is 0 Å². The number of carbonyl (C=O) groups is 2. The molecular weight excluding hydrogens is 388 g/mol. The topological polar surface area (TPSA) is 88.4 Å². The fraction of sp³-hybridized carbons (Fsp3) is 0.227. The van der Waals surface area contributed by atoms with E-state index in [1.54, 1.807) is 6.92 Å². The summed E-state index contributed by atoms with van der Waals surface area (Å²) < 4.78 is 10.8. The van der Waals surface area contributed by atoms with Gasteiger partial charge in [-0.05, 0) is 36.8 Å². The third-order valence-corrected chi connectivity index (χ3v) is 5.23. The van der Waals surface area contributed by atoms with Gasteiger partial charge in [0, 0.05) is 12.3 Å². The Labute approximate surface area is 173 Å². The first-order valence-electron chi connectivity index (χ1n) is 9.16. The van der Waals surface area contributed by atoms with Crippen LogP contribution in [-0.2, 0) is 14.3 Å². The van der Waals surface area contributed by atoms with Crippen molar-refractivity contribution in [1.29, 1.82) is 5.26 Å². The molecule has 1 aliphatic heterocycles. The first-order chi connectivity index (χ1) is 14.1. The molecule has 1 aliphatic rings. The van der Waals surface area contributed by atoms with Gasteiger partial charge in [-0.3, -0.25) is 9.59 Å². The van der Waals surface area contributed by atoms with Gasteiger partial charge in [0.15, 0.2) is 0 Å². The van der Waals surface area contributed by atoms with Gasteiger partial charge in [0.1, 0.15) is 11.5 Å². The zero-order chi connectivity index (χ0) is 20.6. The van der Waals surface area contributed by atoms with E-state index in [-0.39, 0.29) is 24.7 Å². The number of hydrogen-bond acceptors (Lipinski definition) is 6. The van der Waals surface area contributed by atoms with Gasteiger partial charge in [0.25, 0.3) is 0 Å². The largest absolute Gasteiger partial charge is 0.465 e. The summed E-state index contributed by atoms with van der Waals surface area (Å²) in [5.74, 6) is 0.355. The molecule has 0 bridgehead atoms. The molecule has 1 heterocycles. The van der Waals surface area contributed by atoms with E-state index in [0.29, 0.717) is 22.1 Å². The van der Waals surface area contributed by atoms with Crippen molar-refractivity contribution in [2.45, 2.75) is 19.3 Å². The molecule has 3 rings (SSSR count). The average Bonchev–Trinajstić information content (AvgIpc) is 2.73. The molecule has 1 N–H and O–H groups in total. The van der Waals surface area contributed by atoms with Crippen LogP contribution in [0.2, 0.25) is 0 Å². The van der Waals surface area contributed by atoms with Crippen LogP contribution < -0.4 is 10.1 Å². The predicted molar refractivity (Wildman–Crippen MR) is 110 cm³/mol. The van der Waals surface area contributed by atoms with Crippen LogP contribution in [0.1, 0.15) is 24.8 Å². The Kier molecular flexibility index (Phi) is 6.93. The van der Waals surface area contributed by atoms with Crippen LogP contribution in [0.4, 0.5) is 0 Å². The number of nitrogens with one attached hydrogen (secondary N) is 1. The van der Waals surface area contributed by atoms with Crippen molar-refractivity contribution < 1.29 is 19.1 Å². The Balaban J connectivity index is 1.85. The lowest BCUT2D eigenvalue weighted by Crippen LogP contribution is -2.31. The lowest BCUT2D eigenvalue weighted by molar-refractivity contribution is -0.139. The predicted octanol–water partition coefficient (Wildman–Crippen LogP) is 4.11. The van der Waals surface area contributed by atoms with Gasteiger partial charge in [-0.1, -0.05) is 42.1 Å². The van der Waals surface area contributed by atoms with Crippen molar-refractivity contribution in [3.8, 4) is 17.6 Å². The number of esters is 1. The van der Waals surface area contributed by atoms with Gasteiger partial charge in [0.05, 0.1) is 29.0 Å². The second-order valence-electron chi connectivity index (χ2n) is 6.24. The van der Waals surface area contributed by atoms with Crippen LogP contribution in [-0.4, -0.2) is 24.2 Å². The smallest absolute Gasteiger partial charge is 0.316 e. The Bertz CT molecular complexity index is 966. The minimum atomic E-state index is -0.405. The average molecular weight is 408 g/mol. The van der Waals surface area contributed by atoms with Crippen molar-refractivity contribution in [2.24, 2.45) is 0 Å². The van der Waals surface area contributed by atoms with Crippen molar-refractivity contribution in [3.05, 3.63) is 70.8 Å². The van der Waals surface area contributed by atoms with Crippen LogP contribution in [0.25, 0.3) is 0 Å². The van der Waals surface area contributed by atoms with Gasteiger partial charge < -0.3 is 14.8 Å². The van der Waals surface area contributed by atoms with Gasteiger partial charge in [-0.25, -0.2) is 0 Å². The van der Waals surface area contributed by atoms with E-state index in [9.17, 15) is 14.9 Å². The first-order valence-corrected chi connectivity index (χ1v) is 10.1. The number of allylic oxidation sites excluding steroid dienone is 1. The molecule has 0 radical (unpaired) electrons. The quantitative estimate of drug-likeness (QED) is 0.694. The van der Waals surface area contributed by atoms with Crippen LogP contribution >= 0.6 is 11.8 Å². The van der Waals surface area contributed by atoms with Gasteiger partial charge in [-0.2, -0.15) is 5.26 Å². The molecule has 6 nitrogen and oxygen atoms in total. The molecule has 1 unspecified atom stereocenters. The number of ether oxygens (including phenoxy) is 2. The minimum Gasteiger partial charge on any atom is -0.465 e. The molecule has 0 aliphatic carbocycles. The highest BCUT2D eigenvalue weighted by atomic mass is 32.2. The molecule has 148 valence electrons. The van der Waals surface area contributed by atoms with E-state index < -0.39 is 11.9 Å². The summed E-state index contributed by atoms with van der Waals surface area (Å²) in [6.45, 7) is 2.01. The van der Waals surface area contributed by atoms with E-state index in [4.69, 9.17) is 9.47 Å². The maximum atomic E-state index is 12.2. The number of amides is 1. The molecular formula is C22H20N2O4S. The maximum Gasteiger partial charge on any atom is 0.316 e. The molecule has 7 heteroatoms. The summed E-state index contributed by atoms with van der Waals surface area (Å²) >= 11 is 1.11. The standard InChI is InChI=1S/C22H20N2O4S/c1-2-27-21(26)14-29-22-19(13-23)18(12-20(25)24-22)15-7-6-10-17(11-15)28-16-8-4-3-5-9-16/h3-11,18H,2,12,14H2,1H3,(H,24,25). The third-order valence-electron chi connectivity index (χ3n) is 4.24. The summed E-state index contributed by atoms with van der Waals surface area (Å²) in [6.07, 6.45) is 0.154. The molecule has 0 fully saturated rings. The molecule has 29 heavy (non-hydrogen) atoms. The van der Waals surface area contributed by atoms with E-state index in [2.05, 4.69) is 11.4 Å².